The van der Waals surface area contributed by atoms with Crippen molar-refractivity contribution in [1.82, 2.24) is 10.3 Å². The van der Waals surface area contributed by atoms with Gasteiger partial charge in [-0.15, -0.1) is 0 Å². The molecular weight excluding hydrogens is 331 g/mol. The number of carbonyl (C=O) groups is 1. The summed E-state index contributed by atoms with van der Waals surface area (Å²) in [6, 6.07) is 1.70. The highest BCUT2D eigenvalue weighted by atomic mass is 127. The molecule has 1 aromatic rings. The van der Waals surface area contributed by atoms with E-state index in [0.717, 1.165) is 3.57 Å². The van der Waals surface area contributed by atoms with Crippen LogP contribution in [-0.4, -0.2) is 29.1 Å². The van der Waals surface area contributed by atoms with E-state index < -0.39 is 0 Å². The van der Waals surface area contributed by atoms with Crippen molar-refractivity contribution in [3.63, 3.8) is 0 Å². The molecule has 94 valence electrons. The monoisotopic (exact) mass is 348 g/mol. The second-order valence-electron chi connectivity index (χ2n) is 4.68. The van der Waals surface area contributed by atoms with Crippen LogP contribution in [0.25, 0.3) is 0 Å². The van der Waals surface area contributed by atoms with E-state index in [1.54, 1.807) is 18.5 Å². The lowest BCUT2D eigenvalue weighted by Gasteiger charge is -2.23. The van der Waals surface area contributed by atoms with Crippen LogP contribution in [-0.2, 0) is 0 Å². The lowest BCUT2D eigenvalue weighted by molar-refractivity contribution is 0.0927. The second-order valence-corrected chi connectivity index (χ2v) is 5.84. The Balaban J connectivity index is 2.59. The number of hydrogen-bond acceptors (Lipinski definition) is 3. The average molecular weight is 348 g/mol. The molecular formula is C12H17IN2O2. The third-order valence-corrected chi connectivity index (χ3v) is 3.39. The molecule has 0 saturated carbocycles. The van der Waals surface area contributed by atoms with Gasteiger partial charge in [0.05, 0.1) is 5.56 Å². The number of amides is 1. The number of pyridine rings is 1. The quantitative estimate of drug-likeness (QED) is 0.798. The molecule has 17 heavy (non-hydrogen) atoms. The highest BCUT2D eigenvalue weighted by Crippen LogP contribution is 2.18. The molecule has 2 N–H and O–H groups in total. The minimum Gasteiger partial charge on any atom is -0.396 e. The fourth-order valence-corrected chi connectivity index (χ4v) is 1.95. The smallest absolute Gasteiger partial charge is 0.252 e. The summed E-state index contributed by atoms with van der Waals surface area (Å²) >= 11 is 2.09. The van der Waals surface area contributed by atoms with E-state index in [4.69, 9.17) is 5.11 Å². The lowest BCUT2D eigenvalue weighted by Crippen LogP contribution is -2.34. The van der Waals surface area contributed by atoms with Crippen LogP contribution in [0.5, 0.6) is 0 Å². The number of carbonyl (C=O) groups excluding carboxylic acids is 1. The van der Waals surface area contributed by atoms with Gasteiger partial charge in [-0.1, -0.05) is 13.8 Å². The van der Waals surface area contributed by atoms with Crippen LogP contribution in [0.2, 0.25) is 0 Å². The van der Waals surface area contributed by atoms with Gasteiger partial charge in [0, 0.05) is 29.1 Å². The highest BCUT2D eigenvalue weighted by Gasteiger charge is 2.19. The first-order chi connectivity index (χ1) is 7.96. The fourth-order valence-electron chi connectivity index (χ4n) is 1.37. The summed E-state index contributed by atoms with van der Waals surface area (Å²) in [5.74, 6) is -0.0946. The Morgan fingerprint density at radius 3 is 2.88 bits per heavy atom. The fraction of sp³-hybridized carbons (Fsp3) is 0.500. The molecule has 5 heteroatoms. The van der Waals surface area contributed by atoms with Crippen LogP contribution in [0, 0.1) is 8.99 Å². The Bertz CT molecular complexity index is 394. The molecule has 1 amide bonds. The van der Waals surface area contributed by atoms with Crippen molar-refractivity contribution >= 4 is 28.5 Å². The molecule has 0 aromatic carbocycles. The van der Waals surface area contributed by atoms with Crippen molar-refractivity contribution < 1.29 is 9.90 Å². The van der Waals surface area contributed by atoms with Crippen molar-refractivity contribution in [3.05, 3.63) is 27.6 Å². The lowest BCUT2D eigenvalue weighted by atomic mass is 9.89. The molecule has 0 aliphatic heterocycles. The standard InChI is InChI=1S/C12H17IN2O2/c1-12(2,4-6-16)8-15-11(17)9-3-5-14-7-10(9)13/h3,5,7,16H,4,6,8H2,1-2H3,(H,15,17). The molecule has 0 saturated heterocycles. The summed E-state index contributed by atoms with van der Waals surface area (Å²) in [4.78, 5) is 15.9. The Hall–Kier alpha value is -0.690. The number of halogens is 1. The van der Waals surface area contributed by atoms with Crippen molar-refractivity contribution in [2.24, 2.45) is 5.41 Å². The largest absolute Gasteiger partial charge is 0.396 e. The third-order valence-electron chi connectivity index (χ3n) is 2.53. The number of aliphatic hydroxyl groups is 1. The Morgan fingerprint density at radius 2 is 2.29 bits per heavy atom. The molecule has 4 nitrogen and oxygen atoms in total. The molecule has 0 aliphatic rings. The number of aromatic nitrogens is 1. The summed E-state index contributed by atoms with van der Waals surface area (Å²) < 4.78 is 0.836. The van der Waals surface area contributed by atoms with Crippen LogP contribution >= 0.6 is 22.6 Å². The van der Waals surface area contributed by atoms with Crippen LogP contribution in [0.15, 0.2) is 18.5 Å². The van der Waals surface area contributed by atoms with E-state index in [1.165, 1.54) is 0 Å². The summed E-state index contributed by atoms with van der Waals surface area (Å²) in [6.07, 6.45) is 3.94. The predicted molar refractivity (Wildman–Crippen MR) is 74.8 cm³/mol. The molecule has 0 unspecified atom stereocenters. The van der Waals surface area contributed by atoms with Gasteiger partial charge >= 0.3 is 0 Å². The number of nitrogens with one attached hydrogen (secondary N) is 1. The van der Waals surface area contributed by atoms with E-state index in [-0.39, 0.29) is 17.9 Å². The Kier molecular flexibility index (Phi) is 5.32. The highest BCUT2D eigenvalue weighted by molar-refractivity contribution is 14.1. The molecule has 0 aliphatic carbocycles. The Morgan fingerprint density at radius 1 is 1.59 bits per heavy atom. The van der Waals surface area contributed by atoms with E-state index in [2.05, 4.69) is 32.9 Å². The molecule has 0 fully saturated rings. The minimum atomic E-state index is -0.0946. The molecule has 1 rings (SSSR count). The van der Waals surface area contributed by atoms with E-state index in [9.17, 15) is 4.79 Å². The number of hydrogen-bond donors (Lipinski definition) is 2. The molecule has 1 heterocycles. The van der Waals surface area contributed by atoms with E-state index in [1.807, 2.05) is 13.8 Å². The van der Waals surface area contributed by atoms with Crippen LogP contribution in [0.3, 0.4) is 0 Å². The first kappa shape index (κ1) is 14.4. The predicted octanol–water partition coefficient (Wildman–Crippen LogP) is 1.82. The van der Waals surface area contributed by atoms with Crippen LogP contribution < -0.4 is 5.32 Å². The van der Waals surface area contributed by atoms with Gasteiger partial charge in [0.25, 0.3) is 5.91 Å². The van der Waals surface area contributed by atoms with Crippen molar-refractivity contribution in [1.29, 1.82) is 0 Å². The van der Waals surface area contributed by atoms with Gasteiger partial charge in [0.2, 0.25) is 0 Å². The maximum atomic E-state index is 11.9. The maximum Gasteiger partial charge on any atom is 0.252 e. The minimum absolute atomic E-state index is 0.0944. The zero-order valence-electron chi connectivity index (χ0n) is 10.0. The van der Waals surface area contributed by atoms with E-state index >= 15 is 0 Å². The first-order valence-electron chi connectivity index (χ1n) is 5.45. The van der Waals surface area contributed by atoms with Gasteiger partial charge in [-0.25, -0.2) is 0 Å². The second kappa shape index (κ2) is 6.30. The normalized spacial score (nSPS) is 11.3. The summed E-state index contributed by atoms with van der Waals surface area (Å²) in [6.45, 7) is 4.71. The number of rotatable bonds is 5. The molecule has 0 spiro atoms. The van der Waals surface area contributed by atoms with Gasteiger partial charge in [0.15, 0.2) is 0 Å². The average Bonchev–Trinajstić information content (AvgIpc) is 2.27. The summed E-state index contributed by atoms with van der Waals surface area (Å²) in [5.41, 5.74) is 0.545. The van der Waals surface area contributed by atoms with Crippen molar-refractivity contribution in [2.45, 2.75) is 20.3 Å². The number of aliphatic hydroxyl groups excluding tert-OH is 1. The van der Waals surface area contributed by atoms with Crippen LogP contribution in [0.4, 0.5) is 0 Å². The molecule has 1 aromatic heterocycles. The Labute approximate surface area is 115 Å². The third kappa shape index (κ3) is 4.59. The maximum absolute atomic E-state index is 11.9. The van der Waals surface area contributed by atoms with Crippen molar-refractivity contribution in [2.75, 3.05) is 13.2 Å². The van der Waals surface area contributed by atoms with Crippen LogP contribution in [0.1, 0.15) is 30.6 Å². The summed E-state index contributed by atoms with van der Waals surface area (Å²) in [5, 5.41) is 11.8. The van der Waals surface area contributed by atoms with Gasteiger partial charge in [-0.3, -0.25) is 9.78 Å². The molecule has 0 atom stereocenters. The first-order valence-corrected chi connectivity index (χ1v) is 6.53. The molecule has 0 bridgehead atoms. The number of nitrogens with zero attached hydrogens (tertiary/aromatic N) is 1. The zero-order chi connectivity index (χ0) is 12.9. The van der Waals surface area contributed by atoms with Gasteiger partial charge in [-0.05, 0) is 40.5 Å². The molecule has 0 radical (unpaired) electrons. The zero-order valence-corrected chi connectivity index (χ0v) is 12.2. The van der Waals surface area contributed by atoms with Gasteiger partial charge in [0.1, 0.15) is 0 Å². The van der Waals surface area contributed by atoms with Crippen molar-refractivity contribution in [3.8, 4) is 0 Å². The topological polar surface area (TPSA) is 62.2 Å². The van der Waals surface area contributed by atoms with Gasteiger partial charge in [-0.2, -0.15) is 0 Å². The SMILES string of the molecule is CC(C)(CCO)CNC(=O)c1ccncc1I. The van der Waals surface area contributed by atoms with E-state index in [0.29, 0.717) is 18.5 Å². The summed E-state index contributed by atoms with van der Waals surface area (Å²) in [7, 11) is 0. The van der Waals surface area contributed by atoms with Gasteiger partial charge < -0.3 is 10.4 Å².